The molecule has 132 valence electrons. The monoisotopic (exact) mass is 360 g/mol. The first kappa shape index (κ1) is 17.4. The van der Waals surface area contributed by atoms with E-state index in [0.717, 1.165) is 23.4 Å². The number of rotatable bonds is 7. The molecule has 8 nitrogen and oxygen atoms in total. The Hall–Kier alpha value is -2.39. The maximum Gasteiger partial charge on any atom is 0.262 e. The number of hydrogen-bond donors (Lipinski definition) is 2. The average molecular weight is 360 g/mol. The maximum absolute atomic E-state index is 12.5. The minimum atomic E-state index is -0.316. The molecular formula is C16H20N6O2S. The van der Waals surface area contributed by atoms with E-state index in [1.165, 1.54) is 22.0 Å². The lowest BCUT2D eigenvalue weighted by Crippen LogP contribution is -2.12. The molecule has 1 atom stereocenters. The fraction of sp³-hybridized carbons (Fsp3) is 0.438. The second-order valence-electron chi connectivity index (χ2n) is 5.85. The van der Waals surface area contributed by atoms with Gasteiger partial charge in [-0.25, -0.2) is 9.50 Å². The summed E-state index contributed by atoms with van der Waals surface area (Å²) in [6.07, 6.45) is 7.48. The van der Waals surface area contributed by atoms with Crippen LogP contribution in [0.15, 0.2) is 18.6 Å². The molecule has 3 heterocycles. The lowest BCUT2D eigenvalue weighted by atomic mass is 10.1. The summed E-state index contributed by atoms with van der Waals surface area (Å²) >= 11 is 1.39. The van der Waals surface area contributed by atoms with Gasteiger partial charge in [0, 0.05) is 24.9 Å². The molecule has 0 saturated carbocycles. The first-order valence-corrected chi connectivity index (χ1v) is 9.02. The minimum Gasteiger partial charge on any atom is -0.396 e. The van der Waals surface area contributed by atoms with Gasteiger partial charge < -0.3 is 5.11 Å². The van der Waals surface area contributed by atoms with Gasteiger partial charge in [0.25, 0.3) is 5.91 Å². The second-order valence-corrected chi connectivity index (χ2v) is 6.86. The van der Waals surface area contributed by atoms with Gasteiger partial charge in [0.05, 0.1) is 6.20 Å². The molecule has 3 aromatic heterocycles. The van der Waals surface area contributed by atoms with Crippen LogP contribution in [-0.2, 0) is 6.42 Å². The third kappa shape index (κ3) is 3.83. The largest absolute Gasteiger partial charge is 0.396 e. The third-order valence-corrected chi connectivity index (χ3v) is 4.93. The Balaban J connectivity index is 1.76. The molecule has 25 heavy (non-hydrogen) atoms. The van der Waals surface area contributed by atoms with E-state index in [0.29, 0.717) is 28.7 Å². The highest BCUT2D eigenvalue weighted by Crippen LogP contribution is 2.26. The average Bonchev–Trinajstić information content (AvgIpc) is 3.22. The number of amides is 1. The number of carbonyl (C=O) groups excluding carboxylic acids is 1. The van der Waals surface area contributed by atoms with Crippen LogP contribution in [0.5, 0.6) is 0 Å². The molecule has 3 rings (SSSR count). The van der Waals surface area contributed by atoms with Crippen molar-refractivity contribution in [1.82, 2.24) is 24.8 Å². The van der Waals surface area contributed by atoms with Crippen molar-refractivity contribution in [2.45, 2.75) is 39.0 Å². The van der Waals surface area contributed by atoms with Gasteiger partial charge in [-0.3, -0.25) is 10.1 Å². The van der Waals surface area contributed by atoms with Crippen LogP contribution in [0.3, 0.4) is 0 Å². The van der Waals surface area contributed by atoms with E-state index in [1.807, 2.05) is 0 Å². The standard InChI is InChI=1S/C16H20N6O2S/c1-3-4-10(2)15-20-21-16(25-15)19-14(24)12-8-18-22-9-11(5-6-23)7-17-13(12)22/h7-10,23H,3-6H2,1-2H3,(H,19,21,24). The molecule has 0 aliphatic carbocycles. The highest BCUT2D eigenvalue weighted by molar-refractivity contribution is 7.15. The van der Waals surface area contributed by atoms with E-state index in [4.69, 9.17) is 5.11 Å². The minimum absolute atomic E-state index is 0.0393. The normalized spacial score (nSPS) is 12.4. The molecule has 0 saturated heterocycles. The van der Waals surface area contributed by atoms with E-state index >= 15 is 0 Å². The number of aliphatic hydroxyl groups is 1. The molecule has 0 bridgehead atoms. The Morgan fingerprint density at radius 3 is 3.00 bits per heavy atom. The molecule has 1 amide bonds. The van der Waals surface area contributed by atoms with Crippen molar-refractivity contribution >= 4 is 28.0 Å². The quantitative estimate of drug-likeness (QED) is 0.669. The van der Waals surface area contributed by atoms with Crippen molar-refractivity contribution in [2.24, 2.45) is 0 Å². The fourth-order valence-electron chi connectivity index (χ4n) is 2.54. The second kappa shape index (κ2) is 7.66. The molecular weight excluding hydrogens is 340 g/mol. The number of nitrogens with zero attached hydrogens (tertiary/aromatic N) is 5. The van der Waals surface area contributed by atoms with Crippen LogP contribution >= 0.6 is 11.3 Å². The van der Waals surface area contributed by atoms with E-state index < -0.39 is 0 Å². The van der Waals surface area contributed by atoms with Gasteiger partial charge in [0.2, 0.25) is 5.13 Å². The molecule has 3 aromatic rings. The molecule has 9 heteroatoms. The summed E-state index contributed by atoms with van der Waals surface area (Å²) in [6.45, 7) is 4.27. The lowest BCUT2D eigenvalue weighted by molar-refractivity contribution is 0.102. The highest BCUT2D eigenvalue weighted by Gasteiger charge is 2.17. The van der Waals surface area contributed by atoms with Gasteiger partial charge in [-0.2, -0.15) is 5.10 Å². The molecule has 0 fully saturated rings. The molecule has 0 radical (unpaired) electrons. The van der Waals surface area contributed by atoms with E-state index in [-0.39, 0.29) is 12.5 Å². The van der Waals surface area contributed by atoms with Crippen LogP contribution in [0.1, 0.15) is 53.5 Å². The highest BCUT2D eigenvalue weighted by atomic mass is 32.1. The number of aliphatic hydroxyl groups excluding tert-OH is 1. The summed E-state index contributed by atoms with van der Waals surface area (Å²) in [5, 5.41) is 25.5. The first-order valence-electron chi connectivity index (χ1n) is 8.20. The van der Waals surface area contributed by atoms with Crippen molar-refractivity contribution in [3.63, 3.8) is 0 Å². The number of nitrogens with one attached hydrogen (secondary N) is 1. The lowest BCUT2D eigenvalue weighted by Gasteiger charge is -2.03. The Morgan fingerprint density at radius 1 is 1.40 bits per heavy atom. The van der Waals surface area contributed by atoms with Gasteiger partial charge in [-0.15, -0.1) is 10.2 Å². The van der Waals surface area contributed by atoms with Crippen LogP contribution < -0.4 is 5.32 Å². The zero-order valence-electron chi connectivity index (χ0n) is 14.1. The molecule has 1 unspecified atom stereocenters. The predicted molar refractivity (Wildman–Crippen MR) is 95.0 cm³/mol. The number of anilines is 1. The van der Waals surface area contributed by atoms with Gasteiger partial charge in [-0.05, 0) is 18.4 Å². The Labute approximate surface area is 148 Å². The first-order chi connectivity index (χ1) is 12.1. The van der Waals surface area contributed by atoms with Gasteiger partial charge in [-0.1, -0.05) is 31.6 Å². The van der Waals surface area contributed by atoms with Crippen molar-refractivity contribution in [1.29, 1.82) is 0 Å². The van der Waals surface area contributed by atoms with Crippen LogP contribution in [0, 0.1) is 0 Å². The van der Waals surface area contributed by atoms with Crippen LogP contribution in [0.25, 0.3) is 5.65 Å². The van der Waals surface area contributed by atoms with Crippen molar-refractivity contribution in [3.05, 3.63) is 34.7 Å². The number of fused-ring (bicyclic) bond motifs is 1. The number of aromatic nitrogens is 5. The SMILES string of the molecule is CCCC(C)c1nnc(NC(=O)c2cnn3cc(CCO)cnc23)s1. The van der Waals surface area contributed by atoms with Gasteiger partial charge >= 0.3 is 0 Å². The fourth-order valence-corrected chi connectivity index (χ4v) is 3.36. The smallest absolute Gasteiger partial charge is 0.262 e. The Kier molecular flexibility index (Phi) is 5.34. The Morgan fingerprint density at radius 2 is 2.24 bits per heavy atom. The van der Waals surface area contributed by atoms with Crippen molar-refractivity contribution < 1.29 is 9.90 Å². The van der Waals surface area contributed by atoms with E-state index in [1.54, 1.807) is 12.4 Å². The molecule has 2 N–H and O–H groups in total. The van der Waals surface area contributed by atoms with Crippen LogP contribution in [-0.4, -0.2) is 42.4 Å². The molecule has 0 aromatic carbocycles. The van der Waals surface area contributed by atoms with E-state index in [2.05, 4.69) is 39.4 Å². The van der Waals surface area contributed by atoms with Crippen molar-refractivity contribution in [3.8, 4) is 0 Å². The van der Waals surface area contributed by atoms with E-state index in [9.17, 15) is 4.79 Å². The Bertz CT molecular complexity index is 875. The summed E-state index contributed by atoms with van der Waals surface area (Å²) in [4.78, 5) is 16.8. The third-order valence-electron chi connectivity index (χ3n) is 3.86. The molecule has 0 aliphatic heterocycles. The zero-order valence-corrected chi connectivity index (χ0v) is 15.0. The number of hydrogen-bond acceptors (Lipinski definition) is 7. The summed E-state index contributed by atoms with van der Waals surface area (Å²) in [5.74, 6) is 0.0139. The maximum atomic E-state index is 12.5. The van der Waals surface area contributed by atoms with Crippen LogP contribution in [0.2, 0.25) is 0 Å². The van der Waals surface area contributed by atoms with Gasteiger partial charge in [0.1, 0.15) is 10.6 Å². The topological polar surface area (TPSA) is 105 Å². The number of carbonyl (C=O) groups is 1. The van der Waals surface area contributed by atoms with Crippen LogP contribution in [0.4, 0.5) is 5.13 Å². The van der Waals surface area contributed by atoms with Crippen molar-refractivity contribution in [2.75, 3.05) is 11.9 Å². The molecule has 0 spiro atoms. The molecule has 0 aliphatic rings. The summed E-state index contributed by atoms with van der Waals surface area (Å²) in [5.41, 5.74) is 1.68. The summed E-state index contributed by atoms with van der Waals surface area (Å²) in [7, 11) is 0. The summed E-state index contributed by atoms with van der Waals surface area (Å²) < 4.78 is 1.54. The summed E-state index contributed by atoms with van der Waals surface area (Å²) in [6, 6.07) is 0. The zero-order chi connectivity index (χ0) is 17.8. The van der Waals surface area contributed by atoms with Gasteiger partial charge in [0.15, 0.2) is 5.65 Å². The predicted octanol–water partition coefficient (Wildman–Crippen LogP) is 2.27.